The van der Waals surface area contributed by atoms with E-state index in [-0.39, 0.29) is 30.1 Å². The van der Waals surface area contributed by atoms with Crippen LogP contribution in [-0.4, -0.2) is 45.0 Å². The van der Waals surface area contributed by atoms with Gasteiger partial charge in [-0.15, -0.1) is 24.0 Å². The molecule has 0 saturated carbocycles. The summed E-state index contributed by atoms with van der Waals surface area (Å²) in [5.74, 6) is 0.835. The van der Waals surface area contributed by atoms with Gasteiger partial charge in [0.25, 0.3) is 0 Å². The quantitative estimate of drug-likeness (QED) is 0.178. The second-order valence-electron chi connectivity index (χ2n) is 7.63. The zero-order valence-electron chi connectivity index (χ0n) is 18.9. The predicted molar refractivity (Wildman–Crippen MR) is 139 cm³/mol. The molecule has 2 aromatic carbocycles. The van der Waals surface area contributed by atoms with E-state index in [0.29, 0.717) is 19.8 Å². The first-order valence-electron chi connectivity index (χ1n) is 11.2. The number of ether oxygens (including phenoxy) is 3. The number of halogens is 1. The number of aliphatic imine (C=N–C) groups is 1. The van der Waals surface area contributed by atoms with E-state index in [1.807, 2.05) is 18.2 Å². The zero-order chi connectivity index (χ0) is 21.6. The standard InChI is InChI=1S/C25H35N3O3.HI/c1-2-26-25(27-14-6-15-31-24-13-16-29-20-24)28-17-21-9-11-23(12-10-21)19-30-18-22-7-4-3-5-8-22;/h3-5,7-12,24H,2,6,13-20H2,1H3,(H2,26,27,28);1H. The lowest BCUT2D eigenvalue weighted by Gasteiger charge is -2.13. The third kappa shape index (κ3) is 10.3. The van der Waals surface area contributed by atoms with Crippen LogP contribution in [0.2, 0.25) is 0 Å². The molecule has 176 valence electrons. The molecule has 2 aromatic rings. The van der Waals surface area contributed by atoms with Gasteiger partial charge < -0.3 is 24.8 Å². The highest BCUT2D eigenvalue weighted by atomic mass is 127. The number of hydrogen-bond acceptors (Lipinski definition) is 4. The minimum absolute atomic E-state index is 0. The number of guanidine groups is 1. The number of rotatable bonds is 12. The summed E-state index contributed by atoms with van der Waals surface area (Å²) in [5.41, 5.74) is 3.53. The molecule has 1 atom stereocenters. The van der Waals surface area contributed by atoms with Crippen molar-refractivity contribution >= 4 is 29.9 Å². The highest BCUT2D eigenvalue weighted by Gasteiger charge is 2.15. The number of nitrogens with zero attached hydrogens (tertiary/aromatic N) is 1. The molecule has 1 saturated heterocycles. The molecule has 6 nitrogen and oxygen atoms in total. The maximum Gasteiger partial charge on any atom is 0.191 e. The van der Waals surface area contributed by atoms with Crippen LogP contribution in [0.15, 0.2) is 59.6 Å². The number of hydrogen-bond donors (Lipinski definition) is 2. The molecule has 0 bridgehead atoms. The normalized spacial score (nSPS) is 15.9. The van der Waals surface area contributed by atoms with Crippen molar-refractivity contribution in [3.8, 4) is 0 Å². The van der Waals surface area contributed by atoms with Gasteiger partial charge in [-0.3, -0.25) is 0 Å². The number of benzene rings is 2. The molecule has 1 unspecified atom stereocenters. The minimum atomic E-state index is 0. The van der Waals surface area contributed by atoms with Gasteiger partial charge in [0.2, 0.25) is 0 Å². The van der Waals surface area contributed by atoms with E-state index in [0.717, 1.165) is 51.7 Å². The summed E-state index contributed by atoms with van der Waals surface area (Å²) >= 11 is 0. The lowest BCUT2D eigenvalue weighted by Crippen LogP contribution is -2.38. The number of nitrogens with one attached hydrogen (secondary N) is 2. The van der Waals surface area contributed by atoms with Gasteiger partial charge in [0.15, 0.2) is 5.96 Å². The molecule has 1 aliphatic rings. The summed E-state index contributed by atoms with van der Waals surface area (Å²) in [5, 5.41) is 6.68. The molecule has 1 heterocycles. The smallest absolute Gasteiger partial charge is 0.191 e. The van der Waals surface area contributed by atoms with Crippen LogP contribution < -0.4 is 10.6 Å². The lowest BCUT2D eigenvalue weighted by molar-refractivity contribution is 0.0420. The molecule has 1 fully saturated rings. The zero-order valence-corrected chi connectivity index (χ0v) is 21.3. The Morgan fingerprint density at radius 2 is 1.72 bits per heavy atom. The molecule has 1 aliphatic heterocycles. The first-order chi connectivity index (χ1) is 15.3. The first-order valence-corrected chi connectivity index (χ1v) is 11.2. The fourth-order valence-corrected chi connectivity index (χ4v) is 3.29. The van der Waals surface area contributed by atoms with Gasteiger partial charge >= 0.3 is 0 Å². The molecule has 7 heteroatoms. The van der Waals surface area contributed by atoms with E-state index < -0.39 is 0 Å². The maximum atomic E-state index is 5.81. The van der Waals surface area contributed by atoms with Gasteiger partial charge in [-0.2, -0.15) is 0 Å². The maximum absolute atomic E-state index is 5.81. The average Bonchev–Trinajstić information content (AvgIpc) is 3.32. The highest BCUT2D eigenvalue weighted by Crippen LogP contribution is 2.10. The molecular formula is C25H36IN3O3. The Hall–Kier alpha value is -1.68. The van der Waals surface area contributed by atoms with Crippen LogP contribution in [0.3, 0.4) is 0 Å². The Labute approximate surface area is 209 Å². The lowest BCUT2D eigenvalue weighted by atomic mass is 10.1. The van der Waals surface area contributed by atoms with Crippen molar-refractivity contribution in [2.45, 2.75) is 45.6 Å². The van der Waals surface area contributed by atoms with Crippen molar-refractivity contribution in [1.29, 1.82) is 0 Å². The molecule has 0 aliphatic carbocycles. The Morgan fingerprint density at radius 3 is 2.41 bits per heavy atom. The van der Waals surface area contributed by atoms with Crippen molar-refractivity contribution in [2.75, 3.05) is 32.9 Å². The predicted octanol–water partition coefficient (Wildman–Crippen LogP) is 4.27. The van der Waals surface area contributed by atoms with E-state index in [4.69, 9.17) is 19.2 Å². The average molecular weight is 553 g/mol. The third-order valence-corrected chi connectivity index (χ3v) is 5.02. The van der Waals surface area contributed by atoms with Crippen LogP contribution in [0.4, 0.5) is 0 Å². The van der Waals surface area contributed by atoms with Gasteiger partial charge in [0.1, 0.15) is 0 Å². The van der Waals surface area contributed by atoms with E-state index >= 15 is 0 Å². The van der Waals surface area contributed by atoms with E-state index in [1.165, 1.54) is 16.7 Å². The first kappa shape index (κ1) is 26.6. The molecule has 0 radical (unpaired) electrons. The molecule has 3 rings (SSSR count). The van der Waals surface area contributed by atoms with E-state index in [2.05, 4.69) is 54.0 Å². The Morgan fingerprint density at radius 1 is 1.00 bits per heavy atom. The molecule has 2 N–H and O–H groups in total. The van der Waals surface area contributed by atoms with Gasteiger partial charge in [-0.25, -0.2) is 4.99 Å². The molecule has 32 heavy (non-hydrogen) atoms. The summed E-state index contributed by atoms with van der Waals surface area (Å²) in [6.45, 7) is 7.91. The summed E-state index contributed by atoms with van der Waals surface area (Å²) in [7, 11) is 0. The Balaban J connectivity index is 0.00000363. The molecule has 0 aromatic heterocycles. The van der Waals surface area contributed by atoms with E-state index in [9.17, 15) is 0 Å². The van der Waals surface area contributed by atoms with Crippen LogP contribution >= 0.6 is 24.0 Å². The fourth-order valence-electron chi connectivity index (χ4n) is 3.29. The summed E-state index contributed by atoms with van der Waals surface area (Å²) in [4.78, 5) is 4.69. The largest absolute Gasteiger partial charge is 0.379 e. The van der Waals surface area contributed by atoms with Crippen molar-refractivity contribution in [3.05, 3.63) is 71.3 Å². The minimum Gasteiger partial charge on any atom is -0.379 e. The Bertz CT molecular complexity index is 766. The van der Waals surface area contributed by atoms with Crippen LogP contribution in [0.1, 0.15) is 36.5 Å². The summed E-state index contributed by atoms with van der Waals surface area (Å²) in [6, 6.07) is 18.7. The summed E-state index contributed by atoms with van der Waals surface area (Å²) < 4.78 is 16.9. The van der Waals surface area contributed by atoms with E-state index in [1.54, 1.807) is 0 Å². The second-order valence-corrected chi connectivity index (χ2v) is 7.63. The Kier molecular flexibility index (Phi) is 13.3. The van der Waals surface area contributed by atoms with Crippen LogP contribution in [0.5, 0.6) is 0 Å². The van der Waals surface area contributed by atoms with Crippen LogP contribution in [0.25, 0.3) is 0 Å². The van der Waals surface area contributed by atoms with Crippen molar-refractivity contribution in [1.82, 2.24) is 10.6 Å². The fraction of sp³-hybridized carbons (Fsp3) is 0.480. The summed E-state index contributed by atoms with van der Waals surface area (Å²) in [6.07, 6.45) is 2.22. The van der Waals surface area contributed by atoms with Crippen molar-refractivity contribution < 1.29 is 14.2 Å². The van der Waals surface area contributed by atoms with Crippen LogP contribution in [-0.2, 0) is 34.0 Å². The molecule has 0 spiro atoms. The van der Waals surface area contributed by atoms with Crippen molar-refractivity contribution in [3.63, 3.8) is 0 Å². The SMILES string of the molecule is CCNC(=NCc1ccc(COCc2ccccc2)cc1)NCCCOC1CCOC1.I. The third-order valence-electron chi connectivity index (χ3n) is 5.02. The highest BCUT2D eigenvalue weighted by molar-refractivity contribution is 14.0. The van der Waals surface area contributed by atoms with Gasteiger partial charge in [0, 0.05) is 26.3 Å². The van der Waals surface area contributed by atoms with Gasteiger partial charge in [-0.05, 0) is 36.5 Å². The molecular weight excluding hydrogens is 517 g/mol. The van der Waals surface area contributed by atoms with Gasteiger partial charge in [0.05, 0.1) is 32.5 Å². The second kappa shape index (κ2) is 16.0. The van der Waals surface area contributed by atoms with Gasteiger partial charge in [-0.1, -0.05) is 54.6 Å². The van der Waals surface area contributed by atoms with Crippen molar-refractivity contribution in [2.24, 2.45) is 4.99 Å². The molecule has 0 amide bonds. The monoisotopic (exact) mass is 553 g/mol. The topological polar surface area (TPSA) is 64.1 Å². The van der Waals surface area contributed by atoms with Crippen LogP contribution in [0, 0.1) is 0 Å².